The largest absolute Gasteiger partial charge is 0.491 e. The number of hydrogen-bond donors (Lipinski definition) is 1. The number of carbonyl (C=O) groups is 1. The van der Waals surface area contributed by atoms with Crippen LogP contribution in [0.4, 0.5) is 4.39 Å². The fourth-order valence-electron chi connectivity index (χ4n) is 2.26. The van der Waals surface area contributed by atoms with Crippen LogP contribution in [0.25, 0.3) is 0 Å². The van der Waals surface area contributed by atoms with Crippen molar-refractivity contribution < 1.29 is 18.7 Å². The molecule has 1 atom stereocenters. The van der Waals surface area contributed by atoms with Crippen molar-refractivity contribution in [1.82, 2.24) is 14.9 Å². The number of nitrogens with zero attached hydrogens (tertiary/aromatic N) is 2. The minimum atomic E-state index is -0.309. The van der Waals surface area contributed by atoms with E-state index in [0.29, 0.717) is 37.9 Å². The van der Waals surface area contributed by atoms with E-state index in [4.69, 9.17) is 9.47 Å². The van der Waals surface area contributed by atoms with Crippen LogP contribution in [0.5, 0.6) is 5.75 Å². The van der Waals surface area contributed by atoms with Gasteiger partial charge in [0.05, 0.1) is 13.2 Å². The molecular formula is C15H16FN3O3. The van der Waals surface area contributed by atoms with E-state index in [1.807, 2.05) is 0 Å². The molecule has 1 fully saturated rings. The van der Waals surface area contributed by atoms with Crippen molar-refractivity contribution in [3.05, 3.63) is 48.3 Å². The Hall–Kier alpha value is -2.41. The second-order valence-corrected chi connectivity index (χ2v) is 4.95. The average molecular weight is 305 g/mol. The molecule has 2 aromatic rings. The molecule has 0 saturated carbocycles. The number of hydrogen-bond acceptors (Lipinski definition) is 4. The Morgan fingerprint density at radius 1 is 1.45 bits per heavy atom. The normalized spacial score (nSPS) is 18.2. The third kappa shape index (κ3) is 3.43. The van der Waals surface area contributed by atoms with Crippen LogP contribution in [0.1, 0.15) is 10.6 Å². The van der Waals surface area contributed by atoms with Gasteiger partial charge in [0.15, 0.2) is 5.82 Å². The van der Waals surface area contributed by atoms with Gasteiger partial charge in [0, 0.05) is 18.9 Å². The monoisotopic (exact) mass is 305 g/mol. The Bertz CT molecular complexity index is 615. The fourth-order valence-corrected chi connectivity index (χ4v) is 2.26. The van der Waals surface area contributed by atoms with Crippen molar-refractivity contribution >= 4 is 5.91 Å². The first-order valence-corrected chi connectivity index (χ1v) is 7.01. The van der Waals surface area contributed by atoms with Crippen LogP contribution in [0.2, 0.25) is 0 Å². The predicted molar refractivity (Wildman–Crippen MR) is 76.1 cm³/mol. The van der Waals surface area contributed by atoms with E-state index in [-0.39, 0.29) is 17.8 Å². The number of ether oxygens (including phenoxy) is 2. The molecule has 2 heterocycles. The molecular weight excluding hydrogens is 289 g/mol. The summed E-state index contributed by atoms with van der Waals surface area (Å²) in [4.78, 5) is 20.7. The molecule has 0 aliphatic carbocycles. The van der Waals surface area contributed by atoms with Crippen LogP contribution in [0, 0.1) is 5.82 Å². The summed E-state index contributed by atoms with van der Waals surface area (Å²) in [6.45, 7) is 1.70. The maximum absolute atomic E-state index is 12.8. The first-order chi connectivity index (χ1) is 10.7. The van der Waals surface area contributed by atoms with Gasteiger partial charge in [-0.2, -0.15) is 0 Å². The van der Waals surface area contributed by atoms with Gasteiger partial charge >= 0.3 is 0 Å². The van der Waals surface area contributed by atoms with Crippen molar-refractivity contribution in [1.29, 1.82) is 0 Å². The van der Waals surface area contributed by atoms with Crippen molar-refractivity contribution in [3.63, 3.8) is 0 Å². The molecule has 6 nitrogen and oxygen atoms in total. The lowest BCUT2D eigenvalue weighted by molar-refractivity contribution is -0.0404. The number of halogens is 1. The van der Waals surface area contributed by atoms with Crippen LogP contribution < -0.4 is 4.74 Å². The number of amides is 1. The lowest BCUT2D eigenvalue weighted by Gasteiger charge is -2.32. The van der Waals surface area contributed by atoms with E-state index in [9.17, 15) is 9.18 Å². The predicted octanol–water partition coefficient (Wildman–Crippen LogP) is 1.47. The maximum Gasteiger partial charge on any atom is 0.289 e. The molecule has 3 rings (SSSR count). The van der Waals surface area contributed by atoms with E-state index in [1.165, 1.54) is 12.1 Å². The second kappa shape index (κ2) is 6.57. The molecule has 1 unspecified atom stereocenters. The van der Waals surface area contributed by atoms with Gasteiger partial charge in [-0.1, -0.05) is 0 Å². The number of carbonyl (C=O) groups excluding carboxylic acids is 1. The van der Waals surface area contributed by atoms with Crippen LogP contribution >= 0.6 is 0 Å². The number of H-pyrrole nitrogens is 1. The molecule has 7 heteroatoms. The molecule has 1 aliphatic heterocycles. The molecule has 1 N–H and O–H groups in total. The first-order valence-electron chi connectivity index (χ1n) is 7.01. The highest BCUT2D eigenvalue weighted by Gasteiger charge is 2.26. The topological polar surface area (TPSA) is 67.5 Å². The van der Waals surface area contributed by atoms with E-state index < -0.39 is 0 Å². The fraction of sp³-hybridized carbons (Fsp3) is 0.333. The second-order valence-electron chi connectivity index (χ2n) is 4.95. The zero-order chi connectivity index (χ0) is 15.4. The zero-order valence-electron chi connectivity index (χ0n) is 11.9. The van der Waals surface area contributed by atoms with E-state index in [2.05, 4.69) is 9.97 Å². The number of rotatable bonds is 4. The minimum absolute atomic E-state index is 0.153. The van der Waals surface area contributed by atoms with E-state index in [0.717, 1.165) is 0 Å². The number of benzene rings is 1. The van der Waals surface area contributed by atoms with Gasteiger partial charge in [-0.25, -0.2) is 9.37 Å². The summed E-state index contributed by atoms with van der Waals surface area (Å²) in [6, 6.07) is 5.79. The summed E-state index contributed by atoms with van der Waals surface area (Å²) in [5.41, 5.74) is 0. The maximum atomic E-state index is 12.8. The summed E-state index contributed by atoms with van der Waals surface area (Å²) in [6.07, 6.45) is 2.93. The Morgan fingerprint density at radius 3 is 3.00 bits per heavy atom. The number of morpholine rings is 1. The molecule has 1 aromatic heterocycles. The lowest BCUT2D eigenvalue weighted by Crippen LogP contribution is -2.47. The Kier molecular flexibility index (Phi) is 4.34. The standard InChI is InChI=1S/C15H16FN3O3/c16-11-1-3-12(4-2-11)22-10-13-9-19(7-8-21-13)15(20)14-17-5-6-18-14/h1-6,13H,7-10H2,(H,17,18). The Morgan fingerprint density at radius 2 is 2.27 bits per heavy atom. The van der Waals surface area contributed by atoms with E-state index >= 15 is 0 Å². The molecule has 1 aliphatic rings. The summed E-state index contributed by atoms with van der Waals surface area (Å²) >= 11 is 0. The molecule has 116 valence electrons. The van der Waals surface area contributed by atoms with Crippen molar-refractivity contribution in [3.8, 4) is 5.75 Å². The van der Waals surface area contributed by atoms with Crippen molar-refractivity contribution in [2.45, 2.75) is 6.10 Å². The van der Waals surface area contributed by atoms with Crippen LogP contribution in [0.15, 0.2) is 36.7 Å². The van der Waals surface area contributed by atoms with Crippen molar-refractivity contribution in [2.24, 2.45) is 0 Å². The summed E-state index contributed by atoms with van der Waals surface area (Å²) in [7, 11) is 0. The smallest absolute Gasteiger partial charge is 0.289 e. The van der Waals surface area contributed by atoms with Gasteiger partial charge in [0.1, 0.15) is 24.3 Å². The summed E-state index contributed by atoms with van der Waals surface area (Å²) in [5.74, 6) is 0.427. The number of aromatic amines is 1. The molecule has 1 saturated heterocycles. The third-order valence-electron chi connectivity index (χ3n) is 3.38. The molecule has 0 bridgehead atoms. The number of aromatic nitrogens is 2. The SMILES string of the molecule is O=C(c1ncc[nH]1)N1CCOC(COc2ccc(F)cc2)C1. The van der Waals surface area contributed by atoms with Crippen LogP contribution in [0.3, 0.4) is 0 Å². The highest BCUT2D eigenvalue weighted by Crippen LogP contribution is 2.14. The number of imidazole rings is 1. The summed E-state index contributed by atoms with van der Waals surface area (Å²) in [5, 5.41) is 0. The Balaban J connectivity index is 1.54. The van der Waals surface area contributed by atoms with E-state index in [1.54, 1.807) is 29.4 Å². The molecule has 22 heavy (non-hydrogen) atoms. The minimum Gasteiger partial charge on any atom is -0.491 e. The lowest BCUT2D eigenvalue weighted by atomic mass is 10.2. The highest BCUT2D eigenvalue weighted by atomic mass is 19.1. The van der Waals surface area contributed by atoms with Gasteiger partial charge < -0.3 is 19.4 Å². The Labute approximate surface area is 126 Å². The van der Waals surface area contributed by atoms with Gasteiger partial charge in [0.25, 0.3) is 5.91 Å². The number of nitrogens with one attached hydrogen (secondary N) is 1. The zero-order valence-corrected chi connectivity index (χ0v) is 11.9. The molecule has 0 radical (unpaired) electrons. The van der Waals surface area contributed by atoms with Crippen LogP contribution in [-0.2, 0) is 4.74 Å². The summed E-state index contributed by atoms with van der Waals surface area (Å²) < 4.78 is 24.0. The molecule has 1 aromatic carbocycles. The van der Waals surface area contributed by atoms with Gasteiger partial charge in [-0.05, 0) is 24.3 Å². The van der Waals surface area contributed by atoms with Crippen LogP contribution in [-0.4, -0.2) is 53.2 Å². The van der Waals surface area contributed by atoms with Crippen molar-refractivity contribution in [2.75, 3.05) is 26.3 Å². The highest BCUT2D eigenvalue weighted by molar-refractivity contribution is 5.90. The van der Waals surface area contributed by atoms with Gasteiger partial charge in [0.2, 0.25) is 0 Å². The van der Waals surface area contributed by atoms with Gasteiger partial charge in [-0.15, -0.1) is 0 Å². The average Bonchev–Trinajstić information content (AvgIpc) is 3.08. The first kappa shape index (κ1) is 14.5. The third-order valence-corrected chi connectivity index (χ3v) is 3.38. The van der Waals surface area contributed by atoms with Gasteiger partial charge in [-0.3, -0.25) is 4.79 Å². The molecule has 1 amide bonds. The molecule has 0 spiro atoms. The quantitative estimate of drug-likeness (QED) is 0.929.